The van der Waals surface area contributed by atoms with Crippen LogP contribution in [0.25, 0.3) is 22.3 Å². The number of nitro benzene ring substituents is 1. The van der Waals surface area contributed by atoms with Crippen molar-refractivity contribution < 1.29 is 14.5 Å². The Morgan fingerprint density at radius 1 is 1.24 bits per heavy atom. The standard InChI is InChI=1S/C17H16N4O4/c1-17(2,3)25-16(22)20-8-7-13-14(18-10-19-15(13)20)11-5-4-6-12(9-11)21(23)24/h4-10H,1-3H3. The molecule has 0 saturated carbocycles. The number of fused-ring (bicyclic) bond motifs is 1. The SMILES string of the molecule is CC(C)(C)OC(=O)n1ccc2c(-c3cccc([N+](=O)[O-])c3)ncnc21. The van der Waals surface area contributed by atoms with Crippen molar-refractivity contribution in [2.75, 3.05) is 0 Å². The van der Waals surface area contributed by atoms with Gasteiger partial charge >= 0.3 is 6.09 Å². The third-order valence-corrected chi connectivity index (χ3v) is 3.40. The predicted octanol–water partition coefficient (Wildman–Crippen LogP) is 3.79. The summed E-state index contributed by atoms with van der Waals surface area (Å²) in [7, 11) is 0. The van der Waals surface area contributed by atoms with Crippen molar-refractivity contribution in [3.63, 3.8) is 0 Å². The molecule has 0 spiro atoms. The van der Waals surface area contributed by atoms with Gasteiger partial charge < -0.3 is 4.74 Å². The topological polar surface area (TPSA) is 100 Å². The number of carbonyl (C=O) groups is 1. The molecular formula is C17H16N4O4. The molecule has 1 aromatic carbocycles. The minimum absolute atomic E-state index is 0.0316. The highest BCUT2D eigenvalue weighted by molar-refractivity contribution is 5.95. The van der Waals surface area contributed by atoms with Gasteiger partial charge in [-0.1, -0.05) is 12.1 Å². The molecule has 0 aliphatic carbocycles. The third kappa shape index (κ3) is 3.32. The third-order valence-electron chi connectivity index (χ3n) is 3.40. The van der Waals surface area contributed by atoms with E-state index in [9.17, 15) is 14.9 Å². The van der Waals surface area contributed by atoms with Gasteiger partial charge in [-0.3, -0.25) is 10.1 Å². The van der Waals surface area contributed by atoms with Crippen LogP contribution in [0.5, 0.6) is 0 Å². The largest absolute Gasteiger partial charge is 0.443 e. The van der Waals surface area contributed by atoms with E-state index >= 15 is 0 Å². The highest BCUT2D eigenvalue weighted by Crippen LogP contribution is 2.28. The van der Waals surface area contributed by atoms with Crippen LogP contribution in [0.4, 0.5) is 10.5 Å². The number of benzene rings is 1. The van der Waals surface area contributed by atoms with Crippen molar-refractivity contribution >= 4 is 22.8 Å². The van der Waals surface area contributed by atoms with Gasteiger partial charge in [0.15, 0.2) is 5.65 Å². The molecule has 3 rings (SSSR count). The van der Waals surface area contributed by atoms with E-state index in [1.54, 1.807) is 45.2 Å². The van der Waals surface area contributed by atoms with Gasteiger partial charge in [0, 0.05) is 29.3 Å². The Morgan fingerprint density at radius 2 is 2.00 bits per heavy atom. The summed E-state index contributed by atoms with van der Waals surface area (Å²) in [5, 5.41) is 11.6. The molecule has 8 nitrogen and oxygen atoms in total. The number of hydrogen-bond acceptors (Lipinski definition) is 6. The summed E-state index contributed by atoms with van der Waals surface area (Å²) in [5.74, 6) is 0. The van der Waals surface area contributed by atoms with E-state index in [2.05, 4.69) is 9.97 Å². The molecule has 0 saturated heterocycles. The normalized spacial score (nSPS) is 11.5. The molecule has 0 unspecified atom stereocenters. The maximum absolute atomic E-state index is 12.3. The van der Waals surface area contributed by atoms with E-state index in [1.807, 2.05) is 0 Å². The van der Waals surface area contributed by atoms with E-state index in [0.717, 1.165) is 0 Å². The summed E-state index contributed by atoms with van der Waals surface area (Å²) in [4.78, 5) is 31.2. The van der Waals surface area contributed by atoms with Gasteiger partial charge in [0.25, 0.3) is 5.69 Å². The Kier molecular flexibility index (Phi) is 3.96. The minimum atomic E-state index is -0.635. The van der Waals surface area contributed by atoms with E-state index in [1.165, 1.54) is 23.0 Å². The average molecular weight is 340 g/mol. The van der Waals surface area contributed by atoms with Crippen molar-refractivity contribution in [3.8, 4) is 11.3 Å². The Bertz CT molecular complexity index is 972. The number of ether oxygens (including phenoxy) is 1. The first kappa shape index (κ1) is 16.6. The van der Waals surface area contributed by atoms with Crippen LogP contribution in [0.3, 0.4) is 0 Å². The van der Waals surface area contributed by atoms with Gasteiger partial charge in [-0.2, -0.15) is 0 Å². The first-order valence-corrected chi connectivity index (χ1v) is 7.56. The van der Waals surface area contributed by atoms with Crippen molar-refractivity contribution in [1.82, 2.24) is 14.5 Å². The Hall–Kier alpha value is -3.29. The summed E-state index contributed by atoms with van der Waals surface area (Å²) in [6.45, 7) is 5.33. The second kappa shape index (κ2) is 5.97. The van der Waals surface area contributed by atoms with Crippen molar-refractivity contribution in [2.45, 2.75) is 26.4 Å². The van der Waals surface area contributed by atoms with E-state index < -0.39 is 16.6 Å². The van der Waals surface area contributed by atoms with Crippen LogP contribution >= 0.6 is 0 Å². The first-order valence-electron chi connectivity index (χ1n) is 7.56. The maximum Gasteiger partial charge on any atom is 0.420 e. The highest BCUT2D eigenvalue weighted by atomic mass is 16.6. The van der Waals surface area contributed by atoms with E-state index in [4.69, 9.17) is 4.74 Å². The van der Waals surface area contributed by atoms with Crippen LogP contribution in [0.1, 0.15) is 20.8 Å². The molecule has 0 radical (unpaired) electrons. The van der Waals surface area contributed by atoms with Gasteiger partial charge in [0.1, 0.15) is 11.9 Å². The zero-order valence-electron chi connectivity index (χ0n) is 14.0. The zero-order chi connectivity index (χ0) is 18.2. The molecule has 2 aromatic heterocycles. The second-order valence-corrected chi connectivity index (χ2v) is 6.43. The van der Waals surface area contributed by atoms with Gasteiger partial charge in [0.05, 0.1) is 10.6 Å². The Labute approximate surface area is 143 Å². The summed E-state index contributed by atoms with van der Waals surface area (Å²) in [6, 6.07) is 7.85. The molecular weight excluding hydrogens is 324 g/mol. The molecule has 0 amide bonds. The molecule has 0 fully saturated rings. The smallest absolute Gasteiger partial charge is 0.420 e. The quantitative estimate of drug-likeness (QED) is 0.520. The lowest BCUT2D eigenvalue weighted by Crippen LogP contribution is -2.26. The number of aromatic nitrogens is 3. The molecule has 8 heteroatoms. The summed E-state index contributed by atoms with van der Waals surface area (Å²) >= 11 is 0. The second-order valence-electron chi connectivity index (χ2n) is 6.43. The lowest BCUT2D eigenvalue weighted by Gasteiger charge is -2.19. The van der Waals surface area contributed by atoms with Crippen LogP contribution in [-0.2, 0) is 4.74 Å². The van der Waals surface area contributed by atoms with Crippen molar-refractivity contribution in [3.05, 3.63) is 53.0 Å². The lowest BCUT2D eigenvalue weighted by molar-refractivity contribution is -0.384. The Balaban J connectivity index is 2.09. The zero-order valence-corrected chi connectivity index (χ0v) is 14.0. The monoisotopic (exact) mass is 340 g/mol. The number of hydrogen-bond donors (Lipinski definition) is 0. The number of nitro groups is 1. The average Bonchev–Trinajstić information content (AvgIpc) is 2.97. The summed E-state index contributed by atoms with van der Waals surface area (Å²) in [6.07, 6.45) is 2.32. The fraction of sp³-hybridized carbons (Fsp3) is 0.235. The molecule has 25 heavy (non-hydrogen) atoms. The van der Waals surface area contributed by atoms with E-state index in [-0.39, 0.29) is 5.69 Å². The number of rotatable bonds is 2. The number of carbonyl (C=O) groups excluding carboxylic acids is 1. The van der Waals surface area contributed by atoms with Crippen molar-refractivity contribution in [1.29, 1.82) is 0 Å². The highest BCUT2D eigenvalue weighted by Gasteiger charge is 2.21. The fourth-order valence-electron chi connectivity index (χ4n) is 2.41. The van der Waals surface area contributed by atoms with Crippen LogP contribution in [0.2, 0.25) is 0 Å². The van der Waals surface area contributed by atoms with Crippen LogP contribution in [0.15, 0.2) is 42.9 Å². The summed E-state index contributed by atoms with van der Waals surface area (Å²) < 4.78 is 6.66. The molecule has 2 heterocycles. The van der Waals surface area contributed by atoms with Gasteiger partial charge in [-0.05, 0) is 26.8 Å². The molecule has 128 valence electrons. The molecule has 0 aliphatic heterocycles. The lowest BCUT2D eigenvalue weighted by atomic mass is 10.1. The number of nitrogens with zero attached hydrogens (tertiary/aromatic N) is 4. The van der Waals surface area contributed by atoms with Gasteiger partial charge in [0.2, 0.25) is 0 Å². The molecule has 3 aromatic rings. The molecule has 0 aliphatic rings. The minimum Gasteiger partial charge on any atom is -0.443 e. The van der Waals surface area contributed by atoms with Crippen LogP contribution in [0, 0.1) is 10.1 Å². The molecule has 0 bridgehead atoms. The first-order chi connectivity index (χ1) is 11.8. The van der Waals surface area contributed by atoms with Gasteiger partial charge in [-0.25, -0.2) is 19.3 Å². The Morgan fingerprint density at radius 3 is 2.68 bits per heavy atom. The van der Waals surface area contributed by atoms with Crippen LogP contribution < -0.4 is 0 Å². The molecule has 0 N–H and O–H groups in total. The van der Waals surface area contributed by atoms with Crippen molar-refractivity contribution in [2.24, 2.45) is 0 Å². The fourth-order valence-corrected chi connectivity index (χ4v) is 2.41. The van der Waals surface area contributed by atoms with Crippen LogP contribution in [-0.4, -0.2) is 31.2 Å². The van der Waals surface area contributed by atoms with E-state index in [0.29, 0.717) is 22.3 Å². The summed E-state index contributed by atoms with van der Waals surface area (Å²) in [5.41, 5.74) is 0.796. The van der Waals surface area contributed by atoms with Gasteiger partial charge in [-0.15, -0.1) is 0 Å². The molecule has 0 atom stereocenters. The maximum atomic E-state index is 12.3. The number of non-ortho nitro benzene ring substituents is 1. The predicted molar refractivity (Wildman–Crippen MR) is 91.3 cm³/mol.